The van der Waals surface area contributed by atoms with E-state index in [1.165, 1.54) is 19.8 Å². The van der Waals surface area contributed by atoms with Crippen molar-refractivity contribution in [2.45, 2.75) is 152 Å². The maximum atomic E-state index is 15.2. The van der Waals surface area contributed by atoms with Gasteiger partial charge in [-0.15, -0.1) is 5.06 Å². The highest BCUT2D eigenvalue weighted by Gasteiger charge is 2.76. The summed E-state index contributed by atoms with van der Waals surface area (Å²) in [6, 6.07) is 0. The fourth-order valence-corrected chi connectivity index (χ4v) is 16.3. The smallest absolute Gasteiger partial charge is 0.335 e. The summed E-state index contributed by atoms with van der Waals surface area (Å²) in [7, 11) is 0. The summed E-state index contributed by atoms with van der Waals surface area (Å²) < 4.78 is 6.47. The number of aliphatic hydroxyl groups excluding tert-OH is 2. The molecular formula is C48H76N2O9. The molecule has 1 amide bonds. The number of carboxylic acids is 1. The van der Waals surface area contributed by atoms with Gasteiger partial charge in [0, 0.05) is 18.5 Å². The molecule has 8 rings (SSSR count). The van der Waals surface area contributed by atoms with Gasteiger partial charge in [-0.25, -0.2) is 4.79 Å². The van der Waals surface area contributed by atoms with Gasteiger partial charge in [0.1, 0.15) is 11.5 Å². The Hall–Kier alpha value is -2.24. The highest BCUT2D eigenvalue weighted by atomic mass is 16.7. The predicted molar refractivity (Wildman–Crippen MR) is 221 cm³/mol. The molecule has 8 fully saturated rings. The summed E-state index contributed by atoms with van der Waals surface area (Å²) in [6.45, 7) is 21.3. The molecule has 1 heterocycles. The molecule has 11 nitrogen and oxygen atoms in total. The van der Waals surface area contributed by atoms with Crippen molar-refractivity contribution in [2.24, 2.45) is 84.7 Å². The first-order valence-electron chi connectivity index (χ1n) is 23.4. The van der Waals surface area contributed by atoms with E-state index in [0.29, 0.717) is 62.2 Å². The van der Waals surface area contributed by atoms with Crippen LogP contribution < -0.4 is 0 Å². The van der Waals surface area contributed by atoms with Crippen LogP contribution in [0.4, 0.5) is 0 Å². The van der Waals surface area contributed by atoms with E-state index in [1.807, 2.05) is 13.8 Å². The number of aliphatic hydroxyl groups is 2. The van der Waals surface area contributed by atoms with Gasteiger partial charge in [-0.3, -0.25) is 14.4 Å². The van der Waals surface area contributed by atoms with Gasteiger partial charge >= 0.3 is 17.9 Å². The number of amides is 1. The predicted octanol–water partition coefficient (Wildman–Crippen LogP) is 7.12. The standard InChI is InChI=1S/C48H76N2O9/c1-41(2)32(37(53)54)26-33(41)38(55)58-35-15-16-45(7)34(42(35,3)4)14-18-46(8)44(6)20-21-48(19-12-30(29-10-11-29)36(48)31(44)13-17-47(45,46)9)39(56)49-22-24-50(25-23-49)59-40(57)43(5,27-51)28-52/h29-36,51-52H,10-28H2,1-9H3,(H,53,54)/t30-,31+,32-,33+,34-,35?,36+,44+,45-,46-,47+,48?/m0/s1. The molecule has 7 saturated carbocycles. The maximum absolute atomic E-state index is 15.2. The molecule has 7 aliphatic carbocycles. The van der Waals surface area contributed by atoms with E-state index in [1.54, 1.807) is 5.06 Å². The Balaban J connectivity index is 1.01. The Labute approximate surface area is 353 Å². The van der Waals surface area contributed by atoms with Crippen molar-refractivity contribution in [3.05, 3.63) is 0 Å². The van der Waals surface area contributed by atoms with Gasteiger partial charge in [0.15, 0.2) is 0 Å². The molecule has 1 saturated heterocycles. The molecule has 11 heteroatoms. The van der Waals surface area contributed by atoms with Crippen LogP contribution in [0.5, 0.6) is 0 Å². The molecule has 0 radical (unpaired) electrons. The van der Waals surface area contributed by atoms with Crippen LogP contribution >= 0.6 is 0 Å². The van der Waals surface area contributed by atoms with Crippen LogP contribution in [-0.2, 0) is 28.8 Å². The van der Waals surface area contributed by atoms with Crippen LogP contribution in [0.25, 0.3) is 0 Å². The number of fused-ring (bicyclic) bond motifs is 7. The van der Waals surface area contributed by atoms with Crippen molar-refractivity contribution in [3.8, 4) is 0 Å². The highest BCUT2D eigenvalue weighted by Crippen LogP contribution is 2.82. The monoisotopic (exact) mass is 825 g/mol. The largest absolute Gasteiger partial charge is 0.481 e. The number of nitrogens with zero attached hydrogens (tertiary/aromatic N) is 2. The average molecular weight is 825 g/mol. The molecule has 0 spiro atoms. The summed E-state index contributed by atoms with van der Waals surface area (Å²) in [5.41, 5.74) is -2.27. The molecule has 2 unspecified atom stereocenters. The van der Waals surface area contributed by atoms with Gasteiger partial charge in [-0.05, 0) is 147 Å². The molecule has 8 aliphatic rings. The minimum absolute atomic E-state index is 0.0510. The molecule has 59 heavy (non-hydrogen) atoms. The molecule has 3 N–H and O–H groups in total. The molecular weight excluding hydrogens is 749 g/mol. The summed E-state index contributed by atoms with van der Waals surface area (Å²) in [4.78, 5) is 61.2. The van der Waals surface area contributed by atoms with Gasteiger partial charge in [0.05, 0.1) is 43.6 Å². The summed E-state index contributed by atoms with van der Waals surface area (Å²) >= 11 is 0. The van der Waals surface area contributed by atoms with Crippen LogP contribution in [0.2, 0.25) is 0 Å². The number of carbonyl (C=O) groups is 4. The highest BCUT2D eigenvalue weighted by molar-refractivity contribution is 5.84. The van der Waals surface area contributed by atoms with E-state index >= 15 is 4.79 Å². The number of piperazine rings is 1. The normalized spacial score (nSPS) is 45.1. The Morgan fingerprint density at radius 1 is 0.695 bits per heavy atom. The third-order valence-corrected chi connectivity index (χ3v) is 21.1. The summed E-state index contributed by atoms with van der Waals surface area (Å²) in [6.07, 6.45) is 13.2. The number of hydroxylamine groups is 2. The Kier molecular flexibility index (Phi) is 10.4. The Morgan fingerprint density at radius 2 is 1.32 bits per heavy atom. The van der Waals surface area contributed by atoms with E-state index in [4.69, 9.17) is 9.57 Å². The molecule has 0 aromatic rings. The van der Waals surface area contributed by atoms with Crippen LogP contribution in [0.15, 0.2) is 0 Å². The number of hydrogen-bond donors (Lipinski definition) is 3. The van der Waals surface area contributed by atoms with Crippen molar-refractivity contribution in [3.63, 3.8) is 0 Å². The average Bonchev–Trinajstić information content (AvgIpc) is 3.95. The number of esters is 1. The zero-order chi connectivity index (χ0) is 42.9. The van der Waals surface area contributed by atoms with E-state index in [9.17, 15) is 29.7 Å². The molecule has 0 bridgehead atoms. The second-order valence-electron chi connectivity index (χ2n) is 23.7. The first-order chi connectivity index (χ1) is 27.5. The van der Waals surface area contributed by atoms with E-state index in [-0.39, 0.29) is 50.5 Å². The number of carboxylic acid groups (broad SMARTS) is 1. The molecule has 12 atom stereocenters. The second kappa shape index (κ2) is 14.1. The van der Waals surface area contributed by atoms with Crippen LogP contribution in [-0.4, -0.2) is 94.6 Å². The van der Waals surface area contributed by atoms with Gasteiger partial charge in [0.2, 0.25) is 5.91 Å². The zero-order valence-electron chi connectivity index (χ0n) is 37.7. The van der Waals surface area contributed by atoms with Gasteiger partial charge < -0.3 is 29.8 Å². The minimum Gasteiger partial charge on any atom is -0.481 e. The van der Waals surface area contributed by atoms with Crippen LogP contribution in [0.1, 0.15) is 146 Å². The summed E-state index contributed by atoms with van der Waals surface area (Å²) in [5, 5.41) is 30.7. The van der Waals surface area contributed by atoms with Gasteiger partial charge in [-0.1, -0.05) is 55.4 Å². The number of rotatable bonds is 9. The van der Waals surface area contributed by atoms with E-state index in [2.05, 4.69) is 46.4 Å². The second-order valence-corrected chi connectivity index (χ2v) is 23.7. The zero-order valence-corrected chi connectivity index (χ0v) is 37.7. The van der Waals surface area contributed by atoms with E-state index in [0.717, 1.165) is 70.1 Å². The third kappa shape index (κ3) is 5.94. The number of aliphatic carboxylic acids is 1. The lowest BCUT2D eigenvalue weighted by molar-refractivity contribution is -0.293. The Bertz CT molecular complexity index is 1710. The van der Waals surface area contributed by atoms with Gasteiger partial charge in [-0.2, -0.15) is 0 Å². The fraction of sp³-hybridized carbons (Fsp3) is 0.917. The number of carbonyl (C=O) groups excluding carboxylic acids is 3. The SMILES string of the molecule is CC(CO)(CO)C(=O)ON1CCN(C(=O)C23CC[C@@H](C4CC4)[C@@H]2[C@H]2CC[C@@]4(C)[C@@](C)(CC[C@H]5C(C)(C)C(OC(=O)[C@H]6C[C@@H](C(=O)O)C6(C)C)CC[C@@]54C)[C@]2(C)CC3)CC1. The van der Waals surface area contributed by atoms with Crippen LogP contribution in [0, 0.1) is 84.7 Å². The van der Waals surface area contributed by atoms with Crippen molar-refractivity contribution in [1.29, 1.82) is 0 Å². The first kappa shape index (κ1) is 43.4. The van der Waals surface area contributed by atoms with Crippen LogP contribution in [0.3, 0.4) is 0 Å². The number of hydrogen-bond acceptors (Lipinski definition) is 9. The summed E-state index contributed by atoms with van der Waals surface area (Å²) in [5.74, 6) is 0.292. The fourth-order valence-electron chi connectivity index (χ4n) is 16.3. The molecule has 0 aromatic heterocycles. The van der Waals surface area contributed by atoms with Gasteiger partial charge in [0.25, 0.3) is 0 Å². The minimum atomic E-state index is -1.37. The lowest BCUT2D eigenvalue weighted by atomic mass is 9.27. The third-order valence-electron chi connectivity index (χ3n) is 21.1. The molecule has 0 aromatic carbocycles. The molecule has 1 aliphatic heterocycles. The Morgan fingerprint density at radius 3 is 1.92 bits per heavy atom. The number of ether oxygens (including phenoxy) is 1. The lowest BCUT2D eigenvalue weighted by Crippen LogP contribution is -2.71. The van der Waals surface area contributed by atoms with Crippen molar-refractivity contribution in [2.75, 3.05) is 39.4 Å². The van der Waals surface area contributed by atoms with E-state index < -0.39 is 41.9 Å². The quantitative estimate of drug-likeness (QED) is 0.205. The topological polar surface area (TPSA) is 154 Å². The molecule has 332 valence electrons. The first-order valence-corrected chi connectivity index (χ1v) is 23.4. The van der Waals surface area contributed by atoms with Crippen molar-refractivity contribution < 1.29 is 44.1 Å². The van der Waals surface area contributed by atoms with Crippen molar-refractivity contribution >= 4 is 23.8 Å². The maximum Gasteiger partial charge on any atom is 0.335 e. The van der Waals surface area contributed by atoms with Crippen molar-refractivity contribution in [1.82, 2.24) is 9.96 Å². The lowest BCUT2D eigenvalue weighted by Gasteiger charge is -2.77.